The summed E-state index contributed by atoms with van der Waals surface area (Å²) in [6.07, 6.45) is 0. The van der Waals surface area contributed by atoms with Gasteiger partial charge in [0.1, 0.15) is 4.92 Å². The van der Waals surface area contributed by atoms with Crippen LogP contribution in [0.2, 0.25) is 0 Å². The van der Waals surface area contributed by atoms with Gasteiger partial charge in [-0.1, -0.05) is 0 Å². The normalized spacial score (nSPS) is 10.8. The number of carbonyl (C=O) groups is 2. The van der Waals surface area contributed by atoms with Gasteiger partial charge in [-0.2, -0.15) is 0 Å². The highest BCUT2D eigenvalue weighted by Crippen LogP contribution is 2.16. The summed E-state index contributed by atoms with van der Waals surface area (Å²) >= 11 is 0. The number of amides is 1. The fourth-order valence-electron chi connectivity index (χ4n) is 1.98. The van der Waals surface area contributed by atoms with Crippen LogP contribution >= 0.6 is 0 Å². The first-order valence-corrected chi connectivity index (χ1v) is 6.46. The van der Waals surface area contributed by atoms with Crippen LogP contribution in [-0.2, 0) is 9.53 Å². The first-order valence-electron chi connectivity index (χ1n) is 6.46. The van der Waals surface area contributed by atoms with E-state index in [1.54, 1.807) is 4.90 Å². The molecule has 0 saturated carbocycles. The van der Waals surface area contributed by atoms with Gasteiger partial charge in [0.05, 0.1) is 6.07 Å². The molecule has 1 rings (SSSR count). The van der Waals surface area contributed by atoms with E-state index >= 15 is 0 Å². The molecule has 0 aliphatic heterocycles. The van der Waals surface area contributed by atoms with Gasteiger partial charge in [0, 0.05) is 12.1 Å². The molecule has 1 amide bonds. The third-order valence-corrected chi connectivity index (χ3v) is 2.70. The van der Waals surface area contributed by atoms with Crippen LogP contribution in [0, 0.1) is 10.1 Å². The lowest BCUT2D eigenvalue weighted by atomic mass is 10.2. The molecule has 0 spiro atoms. The van der Waals surface area contributed by atoms with Gasteiger partial charge in [-0.15, -0.1) is 0 Å². The second-order valence-electron chi connectivity index (χ2n) is 4.96. The van der Waals surface area contributed by atoms with Gasteiger partial charge < -0.3 is 14.1 Å². The Balaban J connectivity index is 2.63. The maximum absolute atomic E-state index is 12.0. The second-order valence-corrected chi connectivity index (χ2v) is 4.96. The first-order chi connectivity index (χ1) is 9.73. The van der Waals surface area contributed by atoms with Crippen LogP contribution < -0.4 is 0 Å². The molecule has 8 heteroatoms. The van der Waals surface area contributed by atoms with E-state index in [0.29, 0.717) is 0 Å². The Morgan fingerprint density at radius 3 is 2.29 bits per heavy atom. The van der Waals surface area contributed by atoms with Crippen LogP contribution in [-0.4, -0.2) is 40.4 Å². The van der Waals surface area contributed by atoms with Crippen LogP contribution in [0.5, 0.6) is 0 Å². The Morgan fingerprint density at radius 2 is 1.86 bits per heavy atom. The number of nitrogens with zero attached hydrogens (tertiary/aromatic N) is 2. The van der Waals surface area contributed by atoms with Crippen molar-refractivity contribution in [2.45, 2.75) is 39.8 Å². The summed E-state index contributed by atoms with van der Waals surface area (Å²) in [4.78, 5) is 34.9. The van der Waals surface area contributed by atoms with Crippen molar-refractivity contribution in [1.29, 1.82) is 0 Å². The zero-order valence-electron chi connectivity index (χ0n) is 12.4. The largest absolute Gasteiger partial charge is 0.450 e. The smallest absolute Gasteiger partial charge is 0.433 e. The molecule has 0 bridgehead atoms. The third-order valence-electron chi connectivity index (χ3n) is 2.70. The zero-order chi connectivity index (χ0) is 16.2. The Labute approximate surface area is 121 Å². The van der Waals surface area contributed by atoms with Gasteiger partial charge in [-0.3, -0.25) is 14.9 Å². The van der Waals surface area contributed by atoms with Gasteiger partial charge in [0.2, 0.25) is 5.76 Å². The Morgan fingerprint density at radius 1 is 1.29 bits per heavy atom. The van der Waals surface area contributed by atoms with Crippen LogP contribution in [0.25, 0.3) is 0 Å². The van der Waals surface area contributed by atoms with E-state index < -0.39 is 23.4 Å². The van der Waals surface area contributed by atoms with Crippen molar-refractivity contribution in [3.05, 3.63) is 28.0 Å². The van der Waals surface area contributed by atoms with Gasteiger partial charge in [-0.25, -0.2) is 4.79 Å². The molecule has 1 aromatic rings. The number of carbonyl (C=O) groups excluding carboxylic acids is 2. The Hall–Kier alpha value is -2.38. The number of rotatable bonds is 6. The van der Waals surface area contributed by atoms with Gasteiger partial charge in [-0.05, 0) is 33.8 Å². The lowest BCUT2D eigenvalue weighted by Crippen LogP contribution is -2.44. The molecule has 1 aromatic heterocycles. The zero-order valence-corrected chi connectivity index (χ0v) is 12.4. The van der Waals surface area contributed by atoms with Crippen LogP contribution in [0.15, 0.2) is 16.5 Å². The summed E-state index contributed by atoms with van der Waals surface area (Å²) < 4.78 is 9.51. The molecule has 116 valence electrons. The molecular formula is C13H18N2O6. The van der Waals surface area contributed by atoms with Crippen molar-refractivity contribution in [3.8, 4) is 0 Å². The van der Waals surface area contributed by atoms with E-state index in [1.165, 1.54) is 0 Å². The summed E-state index contributed by atoms with van der Waals surface area (Å²) in [6, 6.07) is 2.13. The minimum Gasteiger partial charge on any atom is -0.450 e. The maximum atomic E-state index is 12.0. The number of furan rings is 1. The molecule has 0 atom stereocenters. The van der Waals surface area contributed by atoms with Crippen molar-refractivity contribution in [1.82, 2.24) is 4.90 Å². The predicted molar refractivity (Wildman–Crippen MR) is 72.8 cm³/mol. The molecule has 0 N–H and O–H groups in total. The van der Waals surface area contributed by atoms with Crippen molar-refractivity contribution in [3.63, 3.8) is 0 Å². The summed E-state index contributed by atoms with van der Waals surface area (Å²) in [5.41, 5.74) is 0. The number of hydrogen-bond acceptors (Lipinski definition) is 6. The number of ether oxygens (including phenoxy) is 1. The fourth-order valence-corrected chi connectivity index (χ4v) is 1.98. The van der Waals surface area contributed by atoms with Gasteiger partial charge in [0.25, 0.3) is 5.91 Å². The van der Waals surface area contributed by atoms with Crippen molar-refractivity contribution < 1.29 is 23.7 Å². The second kappa shape index (κ2) is 6.87. The van der Waals surface area contributed by atoms with E-state index in [9.17, 15) is 19.7 Å². The first kappa shape index (κ1) is 16.7. The minimum atomic E-state index is -0.913. The SMILES string of the molecule is CC(C)N(C(=O)COC(=O)c1ccc([N+](=O)[O-])o1)C(C)C. The van der Waals surface area contributed by atoms with Crippen molar-refractivity contribution in [2.24, 2.45) is 0 Å². The average molecular weight is 298 g/mol. The predicted octanol–water partition coefficient (Wildman–Crippen LogP) is 1.99. The third kappa shape index (κ3) is 4.30. The van der Waals surface area contributed by atoms with Crippen molar-refractivity contribution in [2.75, 3.05) is 6.61 Å². The van der Waals surface area contributed by atoms with Crippen LogP contribution in [0.3, 0.4) is 0 Å². The van der Waals surface area contributed by atoms with E-state index in [2.05, 4.69) is 0 Å². The highest BCUT2D eigenvalue weighted by Gasteiger charge is 2.23. The average Bonchev–Trinajstić information content (AvgIpc) is 2.84. The molecule has 21 heavy (non-hydrogen) atoms. The summed E-state index contributed by atoms with van der Waals surface area (Å²) in [7, 11) is 0. The number of esters is 1. The van der Waals surface area contributed by atoms with Gasteiger partial charge in [0.15, 0.2) is 6.61 Å². The molecule has 1 heterocycles. The molecule has 0 saturated heterocycles. The lowest BCUT2D eigenvalue weighted by molar-refractivity contribution is -0.402. The van der Waals surface area contributed by atoms with E-state index in [4.69, 9.17) is 9.15 Å². The highest BCUT2D eigenvalue weighted by molar-refractivity contribution is 5.89. The Kier molecular flexibility index (Phi) is 5.45. The van der Waals surface area contributed by atoms with Gasteiger partial charge >= 0.3 is 11.9 Å². The topological polar surface area (TPSA) is 103 Å². The summed E-state index contributed by atoms with van der Waals surface area (Å²) in [6.45, 7) is 6.99. The minimum absolute atomic E-state index is 0.0269. The van der Waals surface area contributed by atoms with E-state index in [1.807, 2.05) is 27.7 Å². The summed E-state index contributed by atoms with van der Waals surface area (Å²) in [5, 5.41) is 10.4. The summed E-state index contributed by atoms with van der Waals surface area (Å²) in [5.74, 6) is -2.12. The highest BCUT2D eigenvalue weighted by atomic mass is 16.7. The molecule has 0 fully saturated rings. The van der Waals surface area contributed by atoms with Crippen molar-refractivity contribution >= 4 is 17.8 Å². The maximum Gasteiger partial charge on any atom is 0.433 e. The molecule has 0 aliphatic carbocycles. The lowest BCUT2D eigenvalue weighted by Gasteiger charge is -2.30. The quantitative estimate of drug-likeness (QED) is 0.452. The number of nitro groups is 1. The number of hydrogen-bond donors (Lipinski definition) is 0. The molecule has 0 aliphatic rings. The fraction of sp³-hybridized carbons (Fsp3) is 0.538. The van der Waals surface area contributed by atoms with E-state index in [-0.39, 0.29) is 23.8 Å². The monoisotopic (exact) mass is 298 g/mol. The molecule has 0 aromatic carbocycles. The van der Waals surface area contributed by atoms with Crippen LogP contribution in [0.1, 0.15) is 38.2 Å². The van der Waals surface area contributed by atoms with Crippen LogP contribution in [0.4, 0.5) is 5.88 Å². The van der Waals surface area contributed by atoms with E-state index in [0.717, 1.165) is 12.1 Å². The Bertz CT molecular complexity index is 527. The molecule has 0 unspecified atom stereocenters. The standard InChI is InChI=1S/C13H18N2O6/c1-8(2)14(9(3)4)11(16)7-20-13(17)10-5-6-12(21-10)15(18)19/h5-6,8-9H,7H2,1-4H3. The molecule has 0 radical (unpaired) electrons. The molecular weight excluding hydrogens is 280 g/mol. The molecule has 8 nitrogen and oxygen atoms in total.